The van der Waals surface area contributed by atoms with Crippen LogP contribution < -0.4 is 0 Å². The molecule has 17 atom stereocenters. The van der Waals surface area contributed by atoms with Gasteiger partial charge in [-0.1, -0.05) is 27.7 Å². The predicted molar refractivity (Wildman–Crippen MR) is 160 cm³/mol. The van der Waals surface area contributed by atoms with Crippen LogP contribution in [0.1, 0.15) is 106 Å². The SMILES string of the molecule is CCOC(=O)O[C@@H](C[C@H]1O[C@@H]2O[C@]3(C)CC[C@H]4[C@H](C)CC[C@@H]([C@H]1C)[C@@]24OO3)C1O[C@@H]2O[C@]3(C)CC[C@H]4[C@H](C)CC[C@@H]([C@H]1C)[C@@]24OO3. The molecular formula is C35H54O11. The molecule has 0 aromatic heterocycles. The lowest BCUT2D eigenvalue weighted by molar-refractivity contribution is -0.573. The summed E-state index contributed by atoms with van der Waals surface area (Å²) in [5.41, 5.74) is -1.36. The van der Waals surface area contributed by atoms with Crippen LogP contribution in [0.3, 0.4) is 0 Å². The summed E-state index contributed by atoms with van der Waals surface area (Å²) >= 11 is 0. The minimum atomic E-state index is -0.890. The molecule has 46 heavy (non-hydrogen) atoms. The Morgan fingerprint density at radius 3 is 1.83 bits per heavy atom. The van der Waals surface area contributed by atoms with Crippen LogP contribution in [0.25, 0.3) is 0 Å². The Morgan fingerprint density at radius 1 is 0.717 bits per heavy atom. The van der Waals surface area contributed by atoms with Gasteiger partial charge in [0, 0.05) is 31.1 Å². The lowest BCUT2D eigenvalue weighted by Crippen LogP contribution is -2.72. The third-order valence-electron chi connectivity index (χ3n) is 13.8. The summed E-state index contributed by atoms with van der Waals surface area (Å²) in [5, 5.41) is 0. The maximum Gasteiger partial charge on any atom is 0.508 e. The average molecular weight is 651 g/mol. The molecule has 0 N–H and O–H groups in total. The number of carbonyl (C=O) groups excluding carboxylic acids is 1. The van der Waals surface area contributed by atoms with Crippen LogP contribution in [0.4, 0.5) is 4.79 Å². The minimum Gasteiger partial charge on any atom is -0.435 e. The number of ether oxygens (including phenoxy) is 6. The summed E-state index contributed by atoms with van der Waals surface area (Å²) in [6, 6.07) is 0. The van der Waals surface area contributed by atoms with Gasteiger partial charge in [0.2, 0.25) is 11.6 Å². The number of hydrogen-bond acceptors (Lipinski definition) is 11. The number of carbonyl (C=O) groups is 1. The Hall–Kier alpha value is -1.05. The van der Waals surface area contributed by atoms with Gasteiger partial charge in [-0.3, -0.25) is 0 Å². The zero-order chi connectivity index (χ0) is 32.2. The first-order valence-electron chi connectivity index (χ1n) is 18.2. The maximum absolute atomic E-state index is 13.0. The molecule has 10 rings (SSSR count). The summed E-state index contributed by atoms with van der Waals surface area (Å²) in [4.78, 5) is 37.9. The van der Waals surface area contributed by atoms with Gasteiger partial charge in [-0.2, -0.15) is 0 Å². The fourth-order valence-electron chi connectivity index (χ4n) is 11.4. The summed E-state index contributed by atoms with van der Waals surface area (Å²) in [6.45, 7) is 14.9. The van der Waals surface area contributed by atoms with Gasteiger partial charge in [0.15, 0.2) is 23.8 Å². The van der Waals surface area contributed by atoms with Crippen molar-refractivity contribution in [2.75, 3.05) is 6.61 Å². The van der Waals surface area contributed by atoms with Gasteiger partial charge < -0.3 is 28.4 Å². The van der Waals surface area contributed by atoms with E-state index in [1.807, 2.05) is 13.8 Å². The van der Waals surface area contributed by atoms with Gasteiger partial charge in [-0.25, -0.2) is 24.3 Å². The molecule has 0 aromatic carbocycles. The third kappa shape index (κ3) is 4.62. The van der Waals surface area contributed by atoms with E-state index in [2.05, 4.69) is 27.7 Å². The molecule has 0 aromatic rings. The maximum atomic E-state index is 13.0. The van der Waals surface area contributed by atoms with Crippen molar-refractivity contribution in [2.45, 2.75) is 160 Å². The van der Waals surface area contributed by atoms with E-state index in [0.717, 1.165) is 51.4 Å². The van der Waals surface area contributed by atoms with Gasteiger partial charge in [0.25, 0.3) is 0 Å². The Balaban J connectivity index is 1.11. The predicted octanol–water partition coefficient (Wildman–Crippen LogP) is 6.42. The Labute approximate surface area is 272 Å². The first-order valence-corrected chi connectivity index (χ1v) is 18.2. The molecule has 0 radical (unpaired) electrons. The highest BCUT2D eigenvalue weighted by Crippen LogP contribution is 2.63. The monoisotopic (exact) mass is 650 g/mol. The van der Waals surface area contributed by atoms with Gasteiger partial charge in [-0.15, -0.1) is 0 Å². The molecule has 10 aliphatic rings. The molecule has 11 heteroatoms. The average Bonchev–Trinajstić information content (AvgIpc) is 3.39. The van der Waals surface area contributed by atoms with Gasteiger partial charge in [0.05, 0.1) is 12.7 Å². The molecule has 4 bridgehead atoms. The molecule has 260 valence electrons. The van der Waals surface area contributed by atoms with E-state index in [4.69, 9.17) is 48.0 Å². The third-order valence-corrected chi connectivity index (χ3v) is 13.8. The first kappa shape index (κ1) is 32.2. The normalized spacial score (nSPS) is 56.2. The second-order valence-corrected chi connectivity index (χ2v) is 16.4. The minimum absolute atomic E-state index is 0.00808. The molecular weight excluding hydrogens is 596 g/mol. The molecule has 2 saturated carbocycles. The number of rotatable bonds is 5. The Bertz CT molecular complexity index is 1190. The highest BCUT2D eigenvalue weighted by atomic mass is 17.3. The second-order valence-electron chi connectivity index (χ2n) is 16.4. The fourth-order valence-corrected chi connectivity index (χ4v) is 11.4. The van der Waals surface area contributed by atoms with E-state index in [1.54, 1.807) is 6.92 Å². The second kappa shape index (κ2) is 11.2. The zero-order valence-electron chi connectivity index (χ0n) is 28.6. The van der Waals surface area contributed by atoms with Crippen LogP contribution in [0.15, 0.2) is 0 Å². The van der Waals surface area contributed by atoms with Crippen molar-refractivity contribution in [3.05, 3.63) is 0 Å². The van der Waals surface area contributed by atoms with Crippen molar-refractivity contribution >= 4 is 6.16 Å². The molecule has 2 aliphatic carbocycles. The van der Waals surface area contributed by atoms with Crippen molar-refractivity contribution in [1.29, 1.82) is 0 Å². The lowest BCUT2D eigenvalue weighted by atomic mass is 9.56. The van der Waals surface area contributed by atoms with E-state index in [-0.39, 0.29) is 48.2 Å². The van der Waals surface area contributed by atoms with Crippen molar-refractivity contribution in [3.8, 4) is 0 Å². The summed E-state index contributed by atoms with van der Waals surface area (Å²) in [6.07, 6.45) is 4.74. The zero-order valence-corrected chi connectivity index (χ0v) is 28.6. The summed E-state index contributed by atoms with van der Waals surface area (Å²) in [7, 11) is 0. The van der Waals surface area contributed by atoms with E-state index in [1.165, 1.54) is 0 Å². The van der Waals surface area contributed by atoms with E-state index in [9.17, 15) is 4.79 Å². The number of fused-ring (bicyclic) bond motifs is 4. The van der Waals surface area contributed by atoms with Gasteiger partial charge >= 0.3 is 6.16 Å². The largest absolute Gasteiger partial charge is 0.508 e. The molecule has 0 amide bonds. The highest BCUT2D eigenvalue weighted by Gasteiger charge is 2.72. The van der Waals surface area contributed by atoms with E-state index < -0.39 is 53.7 Å². The molecule has 8 aliphatic heterocycles. The lowest BCUT2D eigenvalue weighted by Gasteiger charge is -2.62. The Kier molecular flexibility index (Phi) is 7.86. The van der Waals surface area contributed by atoms with Crippen LogP contribution in [0.2, 0.25) is 0 Å². The topological polar surface area (TPSA) is 109 Å². The Morgan fingerprint density at radius 2 is 1.26 bits per heavy atom. The van der Waals surface area contributed by atoms with Crippen molar-refractivity contribution in [3.63, 3.8) is 0 Å². The standard InChI is InChI=1S/C35H54O11/c1-8-37-31(36)39-27(28-21(5)25-12-10-19(3)23-14-16-33(7)42-30(40-28)35(23,25)46-44-33)17-26-20(4)24-11-9-18(2)22-13-15-32(6)41-29(38-26)34(22,24)45-43-32/h18-30H,8-17H2,1-7H3/t18-,19-,20-,21-,22+,23+,24+,25+,26-,27+,28?,29-,30-,32+,33+,34-,35-/m1/s1. The quantitative estimate of drug-likeness (QED) is 0.243. The summed E-state index contributed by atoms with van der Waals surface area (Å²) in [5.74, 6) is 0.0794. The van der Waals surface area contributed by atoms with E-state index >= 15 is 0 Å². The fraction of sp³-hybridized carbons (Fsp3) is 0.971. The molecule has 1 unspecified atom stereocenters. The van der Waals surface area contributed by atoms with Crippen LogP contribution >= 0.6 is 0 Å². The highest BCUT2D eigenvalue weighted by molar-refractivity contribution is 5.60. The van der Waals surface area contributed by atoms with Crippen LogP contribution in [-0.2, 0) is 48.0 Å². The molecule has 2 spiro atoms. The smallest absolute Gasteiger partial charge is 0.435 e. The van der Waals surface area contributed by atoms with Crippen LogP contribution in [0.5, 0.6) is 0 Å². The molecule has 8 heterocycles. The summed E-state index contributed by atoms with van der Waals surface area (Å²) < 4.78 is 38.7. The van der Waals surface area contributed by atoms with Gasteiger partial charge in [0.1, 0.15) is 12.2 Å². The van der Waals surface area contributed by atoms with Crippen LogP contribution in [0, 0.1) is 47.3 Å². The molecule has 10 fully saturated rings. The van der Waals surface area contributed by atoms with Crippen molar-refractivity contribution in [1.82, 2.24) is 0 Å². The van der Waals surface area contributed by atoms with Crippen molar-refractivity contribution in [2.24, 2.45) is 47.3 Å². The number of hydrogen-bond donors (Lipinski definition) is 0. The first-order chi connectivity index (χ1) is 21.9. The van der Waals surface area contributed by atoms with Gasteiger partial charge in [-0.05, 0) is 94.8 Å². The van der Waals surface area contributed by atoms with E-state index in [0.29, 0.717) is 18.3 Å². The molecule has 11 nitrogen and oxygen atoms in total. The van der Waals surface area contributed by atoms with Crippen molar-refractivity contribution < 1.29 is 52.8 Å². The molecule has 8 saturated heterocycles. The van der Waals surface area contributed by atoms with Crippen LogP contribution in [-0.4, -0.2) is 66.4 Å².